The van der Waals surface area contributed by atoms with Crippen molar-refractivity contribution in [2.75, 3.05) is 13.1 Å². The van der Waals surface area contributed by atoms with Crippen LogP contribution in [0, 0.1) is 6.92 Å². The van der Waals surface area contributed by atoms with E-state index in [1.54, 1.807) is 30.7 Å². The van der Waals surface area contributed by atoms with Crippen molar-refractivity contribution < 1.29 is 9.59 Å². The van der Waals surface area contributed by atoms with Gasteiger partial charge in [-0.2, -0.15) is 5.10 Å². The maximum atomic E-state index is 12.5. The van der Waals surface area contributed by atoms with Gasteiger partial charge in [-0.3, -0.25) is 19.3 Å². The van der Waals surface area contributed by atoms with E-state index in [2.05, 4.69) is 22.3 Å². The molecule has 0 aromatic carbocycles. The normalized spacial score (nSPS) is 15.1. The first-order valence-corrected chi connectivity index (χ1v) is 9.12. The van der Waals surface area contributed by atoms with Crippen LogP contribution >= 0.6 is 0 Å². The average molecular weight is 355 g/mol. The van der Waals surface area contributed by atoms with Crippen molar-refractivity contribution in [3.05, 3.63) is 47.5 Å². The highest BCUT2D eigenvalue weighted by molar-refractivity contribution is 5.95. The van der Waals surface area contributed by atoms with Gasteiger partial charge in [-0.1, -0.05) is 6.92 Å². The fourth-order valence-corrected chi connectivity index (χ4v) is 3.27. The van der Waals surface area contributed by atoms with Gasteiger partial charge >= 0.3 is 0 Å². The first-order chi connectivity index (χ1) is 12.6. The molecule has 26 heavy (non-hydrogen) atoms. The van der Waals surface area contributed by atoms with E-state index < -0.39 is 0 Å². The largest absolute Gasteiger partial charge is 0.349 e. The van der Waals surface area contributed by atoms with Crippen molar-refractivity contribution >= 4 is 11.8 Å². The summed E-state index contributed by atoms with van der Waals surface area (Å²) in [4.78, 5) is 30.8. The predicted molar refractivity (Wildman–Crippen MR) is 97.9 cm³/mol. The molecule has 3 heterocycles. The molecule has 1 fully saturated rings. The molecule has 1 N–H and O–H groups in total. The van der Waals surface area contributed by atoms with Crippen LogP contribution in [-0.4, -0.2) is 50.6 Å². The van der Waals surface area contributed by atoms with Crippen LogP contribution in [-0.2, 0) is 6.54 Å². The zero-order chi connectivity index (χ0) is 18.5. The fraction of sp³-hybridized carbons (Fsp3) is 0.474. The lowest BCUT2D eigenvalue weighted by Gasteiger charge is -2.32. The van der Waals surface area contributed by atoms with Gasteiger partial charge in [-0.25, -0.2) is 0 Å². The zero-order valence-electron chi connectivity index (χ0n) is 15.3. The lowest BCUT2D eigenvalue weighted by molar-refractivity contribution is 0.0698. The third kappa shape index (κ3) is 3.92. The number of carbonyl (C=O) groups excluding carboxylic acids is 2. The number of likely N-dealkylation sites (tertiary alicyclic amines) is 1. The number of pyridine rings is 1. The Labute approximate surface area is 153 Å². The van der Waals surface area contributed by atoms with E-state index in [0.717, 1.165) is 31.5 Å². The van der Waals surface area contributed by atoms with Gasteiger partial charge in [0.05, 0.1) is 11.8 Å². The third-order valence-corrected chi connectivity index (χ3v) is 4.83. The SMILES string of the molecule is CCCn1ncc(C(=O)NC2CCN(C(=O)c3ccncc3)CC2)c1C. The molecule has 0 unspecified atom stereocenters. The van der Waals surface area contributed by atoms with Crippen molar-refractivity contribution in [2.24, 2.45) is 0 Å². The number of aromatic nitrogens is 3. The Morgan fingerprint density at radius 1 is 1.23 bits per heavy atom. The van der Waals surface area contributed by atoms with Gasteiger partial charge in [0.15, 0.2) is 0 Å². The van der Waals surface area contributed by atoms with E-state index in [0.29, 0.717) is 24.2 Å². The topological polar surface area (TPSA) is 80.1 Å². The lowest BCUT2D eigenvalue weighted by Crippen LogP contribution is -2.46. The predicted octanol–water partition coefficient (Wildman–Crippen LogP) is 2.03. The molecule has 7 heteroatoms. The number of carbonyl (C=O) groups is 2. The molecule has 1 aliphatic rings. The quantitative estimate of drug-likeness (QED) is 0.890. The Balaban J connectivity index is 1.54. The van der Waals surface area contributed by atoms with Crippen molar-refractivity contribution in [3.63, 3.8) is 0 Å². The summed E-state index contributed by atoms with van der Waals surface area (Å²) in [6, 6.07) is 3.54. The molecular weight excluding hydrogens is 330 g/mol. The molecular formula is C19H25N5O2. The van der Waals surface area contributed by atoms with Crippen molar-refractivity contribution in [3.8, 4) is 0 Å². The second-order valence-corrected chi connectivity index (χ2v) is 6.64. The van der Waals surface area contributed by atoms with Crippen LogP contribution in [0.1, 0.15) is 52.6 Å². The lowest BCUT2D eigenvalue weighted by atomic mass is 10.0. The van der Waals surface area contributed by atoms with Crippen molar-refractivity contribution in [1.82, 2.24) is 25.0 Å². The minimum atomic E-state index is -0.0798. The van der Waals surface area contributed by atoms with E-state index in [1.807, 2.05) is 16.5 Å². The Bertz CT molecular complexity index is 763. The number of amides is 2. The smallest absolute Gasteiger partial charge is 0.254 e. The van der Waals surface area contributed by atoms with E-state index in [9.17, 15) is 9.59 Å². The highest BCUT2D eigenvalue weighted by atomic mass is 16.2. The maximum absolute atomic E-state index is 12.5. The number of rotatable bonds is 5. The van der Waals surface area contributed by atoms with Crippen LogP contribution < -0.4 is 5.32 Å². The number of hydrogen-bond acceptors (Lipinski definition) is 4. The highest BCUT2D eigenvalue weighted by Crippen LogP contribution is 2.15. The van der Waals surface area contributed by atoms with Gasteiger partial charge in [-0.05, 0) is 38.3 Å². The molecule has 2 aromatic heterocycles. The summed E-state index contributed by atoms with van der Waals surface area (Å²) < 4.78 is 1.87. The van der Waals surface area contributed by atoms with Crippen LogP contribution in [0.5, 0.6) is 0 Å². The summed E-state index contributed by atoms with van der Waals surface area (Å²) in [7, 11) is 0. The summed E-state index contributed by atoms with van der Waals surface area (Å²) in [5, 5.41) is 7.38. The van der Waals surface area contributed by atoms with Gasteiger partial charge in [-0.15, -0.1) is 0 Å². The molecule has 1 saturated heterocycles. The number of piperidine rings is 1. The van der Waals surface area contributed by atoms with Gasteiger partial charge < -0.3 is 10.2 Å². The maximum Gasteiger partial charge on any atom is 0.254 e. The van der Waals surface area contributed by atoms with Crippen LogP contribution in [0.15, 0.2) is 30.7 Å². The minimum Gasteiger partial charge on any atom is -0.349 e. The third-order valence-electron chi connectivity index (χ3n) is 4.83. The monoisotopic (exact) mass is 355 g/mol. The Morgan fingerprint density at radius 2 is 1.92 bits per heavy atom. The highest BCUT2D eigenvalue weighted by Gasteiger charge is 2.25. The number of aryl methyl sites for hydroxylation is 1. The average Bonchev–Trinajstić information content (AvgIpc) is 3.03. The summed E-state index contributed by atoms with van der Waals surface area (Å²) >= 11 is 0. The molecule has 0 saturated carbocycles. The molecule has 0 spiro atoms. The van der Waals surface area contributed by atoms with Gasteiger partial charge in [0.1, 0.15) is 0 Å². The molecule has 0 aliphatic carbocycles. The molecule has 1 aliphatic heterocycles. The standard InChI is InChI=1S/C19H25N5O2/c1-3-10-24-14(2)17(13-21-24)18(25)22-16-6-11-23(12-7-16)19(26)15-4-8-20-9-5-15/h4-5,8-9,13,16H,3,6-7,10-12H2,1-2H3,(H,22,25). The van der Waals surface area contributed by atoms with E-state index in [1.165, 1.54) is 0 Å². The van der Waals surface area contributed by atoms with Crippen LogP contribution in [0.3, 0.4) is 0 Å². The molecule has 7 nitrogen and oxygen atoms in total. The van der Waals surface area contributed by atoms with Crippen molar-refractivity contribution in [2.45, 2.75) is 45.7 Å². The van der Waals surface area contributed by atoms with Crippen LogP contribution in [0.25, 0.3) is 0 Å². The fourth-order valence-electron chi connectivity index (χ4n) is 3.27. The summed E-state index contributed by atoms with van der Waals surface area (Å²) in [5.74, 6) is -0.0578. The molecule has 138 valence electrons. The summed E-state index contributed by atoms with van der Waals surface area (Å²) in [5.41, 5.74) is 2.19. The first-order valence-electron chi connectivity index (χ1n) is 9.12. The Morgan fingerprint density at radius 3 is 2.58 bits per heavy atom. The second kappa shape index (κ2) is 8.12. The molecule has 2 amide bonds. The zero-order valence-corrected chi connectivity index (χ0v) is 15.3. The number of nitrogens with zero attached hydrogens (tertiary/aromatic N) is 4. The van der Waals surface area contributed by atoms with Crippen LogP contribution in [0.2, 0.25) is 0 Å². The molecule has 0 bridgehead atoms. The van der Waals surface area contributed by atoms with E-state index in [4.69, 9.17) is 0 Å². The Hall–Kier alpha value is -2.70. The Kier molecular flexibility index (Phi) is 5.65. The number of nitrogens with one attached hydrogen (secondary N) is 1. The minimum absolute atomic E-state index is 0.0221. The van der Waals surface area contributed by atoms with Crippen LogP contribution in [0.4, 0.5) is 0 Å². The molecule has 0 radical (unpaired) electrons. The van der Waals surface area contributed by atoms with Crippen molar-refractivity contribution in [1.29, 1.82) is 0 Å². The van der Waals surface area contributed by atoms with Gasteiger partial charge in [0, 0.05) is 49.3 Å². The molecule has 2 aromatic rings. The summed E-state index contributed by atoms with van der Waals surface area (Å²) in [6.07, 6.45) is 7.38. The second-order valence-electron chi connectivity index (χ2n) is 6.64. The van der Waals surface area contributed by atoms with Gasteiger partial charge in [0.2, 0.25) is 0 Å². The number of hydrogen-bond donors (Lipinski definition) is 1. The first kappa shape index (κ1) is 18.1. The molecule has 3 rings (SSSR count). The molecule has 0 atom stereocenters. The van der Waals surface area contributed by atoms with Gasteiger partial charge in [0.25, 0.3) is 11.8 Å². The van der Waals surface area contributed by atoms with E-state index in [-0.39, 0.29) is 17.9 Å². The van der Waals surface area contributed by atoms with E-state index >= 15 is 0 Å². The summed E-state index contributed by atoms with van der Waals surface area (Å²) in [6.45, 7) is 6.10.